The van der Waals surface area contributed by atoms with Crippen LogP contribution in [-0.2, 0) is 71.2 Å². The third kappa shape index (κ3) is 15.2. The number of allylic oxidation sites excluding steroid dienone is 3. The number of fused-ring (bicyclic) bond motifs is 1. The number of carbonyl (C=O) groups excluding carboxylic acids is 2. The smallest absolute Gasteiger partial charge is 0.331 e. The molecule has 8 aliphatic rings. The van der Waals surface area contributed by atoms with Crippen LogP contribution in [0.15, 0.2) is 47.5 Å². The molecule has 478 valence electrons. The average Bonchev–Trinajstić information content (AvgIpc) is 2.37. The zero-order valence-corrected chi connectivity index (χ0v) is 47.0. The summed E-state index contributed by atoms with van der Waals surface area (Å²) in [7, 11) is 5.56. The first-order valence-electron chi connectivity index (χ1n) is 28.4. The van der Waals surface area contributed by atoms with Crippen LogP contribution in [-0.4, -0.2) is 291 Å². The van der Waals surface area contributed by atoms with Gasteiger partial charge in [0.15, 0.2) is 36.5 Å². The monoisotopic (exact) mass is 1210 g/mol. The van der Waals surface area contributed by atoms with Gasteiger partial charge in [-0.25, -0.2) is 9.59 Å². The largest absolute Gasteiger partial charge is 0.506 e. The van der Waals surface area contributed by atoms with Gasteiger partial charge in [-0.3, -0.25) is 0 Å². The molecule has 27 atom stereocenters. The highest BCUT2D eigenvalue weighted by atomic mass is 16.8. The summed E-state index contributed by atoms with van der Waals surface area (Å²) in [4.78, 5) is 27.0. The number of methoxy groups -OCH3 is 4. The lowest BCUT2D eigenvalue weighted by Gasteiger charge is -2.53. The molecule has 11 unspecified atom stereocenters. The normalized spacial score (nSPS) is 45.9. The van der Waals surface area contributed by atoms with E-state index >= 15 is 0 Å². The van der Waals surface area contributed by atoms with E-state index in [1.54, 1.807) is 6.08 Å². The molecule has 29 heteroatoms. The van der Waals surface area contributed by atoms with E-state index in [-0.39, 0.29) is 62.4 Å². The maximum Gasteiger partial charge on any atom is 0.331 e. The SMILES string of the molecule is COC1=C(O)[C@@H](OC)CC(C=CC(=O)O[C@H]2[C@H](O[C@H]3[C@H](OC4CC5C(CC(O)CC5O[C@@H]5O[C@H](CO)[C@@H](O)[C@H](O)[C@H]5O)OC4C4CCC(O)C(O)C4)O[C@H](COC(=O)C=CC4CC(OC)C(O)C(OC)C4)[C@@H](O)[C@@H]3O)O[C@H](CO)[C@@H](O)[C@@H]2O)=C1. The van der Waals surface area contributed by atoms with E-state index in [1.807, 2.05) is 0 Å². The number of aliphatic hydroxyl groups excluding tert-OH is 14. The third-order valence-electron chi connectivity index (χ3n) is 17.5. The summed E-state index contributed by atoms with van der Waals surface area (Å²) in [6.07, 6.45) is -30.2. The van der Waals surface area contributed by atoms with Gasteiger partial charge in [0, 0.05) is 52.2 Å². The summed E-state index contributed by atoms with van der Waals surface area (Å²) >= 11 is 0. The van der Waals surface area contributed by atoms with E-state index in [4.69, 9.17) is 61.6 Å². The van der Waals surface area contributed by atoms with Crippen molar-refractivity contribution >= 4 is 11.9 Å². The lowest BCUT2D eigenvalue weighted by molar-refractivity contribution is -0.380. The molecule has 29 nitrogen and oxygen atoms in total. The highest BCUT2D eigenvalue weighted by Gasteiger charge is 2.57. The summed E-state index contributed by atoms with van der Waals surface area (Å²) in [5, 5.41) is 153. The first kappa shape index (κ1) is 66.5. The molecule has 0 aromatic rings. The van der Waals surface area contributed by atoms with Crippen molar-refractivity contribution in [2.24, 2.45) is 17.8 Å². The maximum atomic E-state index is 13.6. The van der Waals surface area contributed by atoms with Gasteiger partial charge >= 0.3 is 11.9 Å². The first-order valence-corrected chi connectivity index (χ1v) is 28.4. The van der Waals surface area contributed by atoms with Crippen LogP contribution in [0.3, 0.4) is 0 Å². The van der Waals surface area contributed by atoms with E-state index in [1.165, 1.54) is 40.6 Å². The lowest BCUT2D eigenvalue weighted by Crippen LogP contribution is -2.66. The fourth-order valence-corrected chi connectivity index (χ4v) is 12.7. The second kappa shape index (κ2) is 29.7. The second-order valence-electron chi connectivity index (χ2n) is 22.8. The average molecular weight is 1210 g/mol. The third-order valence-corrected chi connectivity index (χ3v) is 17.5. The zero-order valence-electron chi connectivity index (χ0n) is 47.0. The molecule has 0 aromatic heterocycles. The number of esters is 2. The fourth-order valence-electron chi connectivity index (χ4n) is 12.7. The molecule has 0 spiro atoms. The topological polar surface area (TPSA) is 437 Å². The Labute approximate surface area is 484 Å². The summed E-state index contributed by atoms with van der Waals surface area (Å²) in [6, 6.07) is 0. The van der Waals surface area contributed by atoms with Crippen LogP contribution in [0, 0.1) is 17.8 Å². The van der Waals surface area contributed by atoms with Crippen molar-refractivity contribution in [1.29, 1.82) is 0 Å². The van der Waals surface area contributed by atoms with Crippen molar-refractivity contribution in [3.63, 3.8) is 0 Å². The Kier molecular flexibility index (Phi) is 23.5. The molecule has 84 heavy (non-hydrogen) atoms. The van der Waals surface area contributed by atoms with Crippen LogP contribution in [0.1, 0.15) is 57.8 Å². The van der Waals surface area contributed by atoms with Gasteiger partial charge < -0.3 is 133 Å². The highest BCUT2D eigenvalue weighted by Crippen LogP contribution is 2.46. The van der Waals surface area contributed by atoms with Crippen LogP contribution in [0.25, 0.3) is 0 Å². The molecule has 0 aromatic carbocycles. The van der Waals surface area contributed by atoms with Crippen molar-refractivity contribution in [3.8, 4) is 0 Å². The van der Waals surface area contributed by atoms with Gasteiger partial charge in [-0.05, 0) is 68.4 Å². The van der Waals surface area contributed by atoms with Crippen molar-refractivity contribution in [1.82, 2.24) is 0 Å². The van der Waals surface area contributed by atoms with E-state index in [0.29, 0.717) is 18.4 Å². The minimum absolute atomic E-state index is 0.00780. The number of hydrogen-bond donors (Lipinski definition) is 14. The van der Waals surface area contributed by atoms with Gasteiger partial charge in [0.2, 0.25) is 0 Å². The maximum absolute atomic E-state index is 13.6. The predicted octanol–water partition coefficient (Wildman–Crippen LogP) is -4.59. The van der Waals surface area contributed by atoms with Crippen LogP contribution in [0.5, 0.6) is 0 Å². The number of rotatable bonds is 20. The van der Waals surface area contributed by atoms with Crippen molar-refractivity contribution in [2.75, 3.05) is 48.3 Å². The van der Waals surface area contributed by atoms with Gasteiger partial charge in [-0.15, -0.1) is 0 Å². The van der Waals surface area contributed by atoms with Gasteiger partial charge in [-0.2, -0.15) is 0 Å². The number of ether oxygens (including phenoxy) is 13. The molecule has 7 fully saturated rings. The molecule has 0 amide bonds. The van der Waals surface area contributed by atoms with E-state index in [2.05, 4.69) is 0 Å². The van der Waals surface area contributed by atoms with Gasteiger partial charge in [0.1, 0.15) is 86.0 Å². The molecule has 0 radical (unpaired) electrons. The molecule has 14 N–H and O–H groups in total. The summed E-state index contributed by atoms with van der Waals surface area (Å²) < 4.78 is 76.9. The molecule has 4 saturated heterocycles. The van der Waals surface area contributed by atoms with Crippen molar-refractivity contribution in [2.45, 2.75) is 217 Å². The van der Waals surface area contributed by atoms with Gasteiger partial charge in [0.05, 0.1) is 75.3 Å². The Morgan fingerprint density at radius 3 is 1.85 bits per heavy atom. The van der Waals surface area contributed by atoms with Crippen molar-refractivity contribution < 1.29 is 143 Å². The summed E-state index contributed by atoms with van der Waals surface area (Å²) in [5.74, 6) is -3.77. The lowest BCUT2D eigenvalue weighted by atomic mass is 9.72. The quantitative estimate of drug-likeness (QED) is 0.0403. The minimum Gasteiger partial charge on any atom is -0.506 e. The minimum atomic E-state index is -2.09. The number of carbonyl (C=O) groups is 2. The molecular formula is C55H84O29. The van der Waals surface area contributed by atoms with E-state index in [9.17, 15) is 81.1 Å². The van der Waals surface area contributed by atoms with Crippen LogP contribution in [0.2, 0.25) is 0 Å². The van der Waals surface area contributed by atoms with E-state index in [0.717, 1.165) is 12.2 Å². The van der Waals surface area contributed by atoms with E-state index < -0.39 is 203 Å². The summed E-state index contributed by atoms with van der Waals surface area (Å²) in [6.45, 7) is -2.40. The van der Waals surface area contributed by atoms with Crippen molar-refractivity contribution in [3.05, 3.63) is 47.5 Å². The van der Waals surface area contributed by atoms with Gasteiger partial charge in [-0.1, -0.05) is 12.2 Å². The Balaban J connectivity index is 1.10. The Bertz CT molecular complexity index is 2250. The second-order valence-corrected chi connectivity index (χ2v) is 22.8. The zero-order chi connectivity index (χ0) is 60.8. The fraction of sp³-hybridized carbons (Fsp3) is 0.818. The molecule has 4 aliphatic carbocycles. The molecule has 3 saturated carbocycles. The highest BCUT2D eigenvalue weighted by molar-refractivity contribution is 5.83. The number of aliphatic hydroxyl groups is 14. The predicted molar refractivity (Wildman–Crippen MR) is 278 cm³/mol. The number of hydrogen-bond acceptors (Lipinski definition) is 29. The first-order chi connectivity index (χ1) is 40.1. The molecule has 4 aliphatic heterocycles. The summed E-state index contributed by atoms with van der Waals surface area (Å²) in [5.41, 5.74) is 0.437. The van der Waals surface area contributed by atoms with Gasteiger partial charge in [0.25, 0.3) is 0 Å². The van der Waals surface area contributed by atoms with Crippen LogP contribution in [0.4, 0.5) is 0 Å². The molecule has 8 rings (SSSR count). The Morgan fingerprint density at radius 1 is 0.583 bits per heavy atom. The van der Waals surface area contributed by atoms with Crippen LogP contribution >= 0.6 is 0 Å². The molecule has 0 bridgehead atoms. The van der Waals surface area contributed by atoms with Crippen LogP contribution < -0.4 is 0 Å². The molecule has 4 heterocycles. The standard InChI is InChI=1S/C55H84O29/c1-72-31-11-22(12-32(73-2)41(31)63)5-9-39(61)76-21-38-45(67)48(70)52(84-55-51(47(69)44(66)37(20-57)81-55)83-40(62)10-6-23-13-33(74-3)42(64)34(14-23)75-4)54(82-38)79-35-18-26-29(77-50(35)24-7-8-27(59)28(60)15-24)16-25(58)17-30(26)78-53-49(71)46(68)43(65)36(19-56)80-53/h5-6,9-10,13,22,24-32,34-38,41,43-60,63-71H,7-8,11-12,14-21H2,1-4H3/t22?,24?,25?,26?,27?,28?,29?,30?,31?,32?,34-,35?,36+,37+,38+,41?,43+,44+,45+,46-,47-,48-,49+,50?,51+,52+,53+,54+,55-/m0/s1. The molecular weight excluding hydrogens is 1120 g/mol. The Morgan fingerprint density at radius 2 is 1.20 bits per heavy atom. The Hall–Kier alpha value is -3.42.